The van der Waals surface area contributed by atoms with Gasteiger partial charge in [-0.2, -0.15) is 0 Å². The molecule has 1 N–H and O–H groups in total. The highest BCUT2D eigenvalue weighted by molar-refractivity contribution is 5.81. The van der Waals surface area contributed by atoms with Crippen molar-refractivity contribution in [2.24, 2.45) is 5.92 Å². The zero-order chi connectivity index (χ0) is 11.7. The summed E-state index contributed by atoms with van der Waals surface area (Å²) in [6.45, 7) is 4.65. The van der Waals surface area contributed by atoms with Crippen LogP contribution >= 0.6 is 0 Å². The lowest BCUT2D eigenvalue weighted by Gasteiger charge is -2.39. The Balaban J connectivity index is 2.19. The summed E-state index contributed by atoms with van der Waals surface area (Å²) < 4.78 is 5.04. The van der Waals surface area contributed by atoms with Gasteiger partial charge in [-0.05, 0) is 26.7 Å². The molecule has 16 heavy (non-hydrogen) atoms. The van der Waals surface area contributed by atoms with Gasteiger partial charge in [-0.25, -0.2) is 4.79 Å². The summed E-state index contributed by atoms with van der Waals surface area (Å²) in [7, 11) is 0. The minimum absolute atomic E-state index is 0.0553. The summed E-state index contributed by atoms with van der Waals surface area (Å²) in [5.41, 5.74) is 0. The van der Waals surface area contributed by atoms with Crippen molar-refractivity contribution >= 4 is 12.0 Å². The van der Waals surface area contributed by atoms with E-state index in [1.807, 2.05) is 6.92 Å². The van der Waals surface area contributed by atoms with E-state index in [0.29, 0.717) is 13.2 Å². The van der Waals surface area contributed by atoms with E-state index in [-0.39, 0.29) is 30.0 Å². The van der Waals surface area contributed by atoms with E-state index < -0.39 is 0 Å². The molecule has 90 valence electrons. The van der Waals surface area contributed by atoms with E-state index >= 15 is 0 Å². The predicted octanol–water partition coefficient (Wildman–Crippen LogP) is 0.742. The Kier molecular flexibility index (Phi) is 3.03. The van der Waals surface area contributed by atoms with Crippen LogP contribution in [0.25, 0.3) is 0 Å². The van der Waals surface area contributed by atoms with Crippen molar-refractivity contribution in [3.05, 3.63) is 0 Å². The van der Waals surface area contributed by atoms with Gasteiger partial charge in [0.25, 0.3) is 0 Å². The Morgan fingerprint density at radius 3 is 3.00 bits per heavy atom. The topological polar surface area (TPSA) is 58.6 Å². The van der Waals surface area contributed by atoms with E-state index in [1.165, 1.54) is 0 Å². The Morgan fingerprint density at radius 2 is 2.31 bits per heavy atom. The molecule has 0 saturated carbocycles. The summed E-state index contributed by atoms with van der Waals surface area (Å²) in [5.74, 6) is -0.00930. The van der Waals surface area contributed by atoms with Crippen molar-refractivity contribution < 1.29 is 14.3 Å². The van der Waals surface area contributed by atoms with Crippen LogP contribution in [0.15, 0.2) is 0 Å². The normalized spacial score (nSPS) is 33.2. The number of piperidine rings is 1. The first kappa shape index (κ1) is 11.2. The molecule has 0 aliphatic carbocycles. The second-order valence-corrected chi connectivity index (χ2v) is 4.43. The third-order valence-electron chi connectivity index (χ3n) is 3.55. The molecule has 0 aromatic carbocycles. The summed E-state index contributed by atoms with van der Waals surface area (Å²) >= 11 is 0. The number of nitrogens with zero attached hydrogens (tertiary/aromatic N) is 1. The van der Waals surface area contributed by atoms with Crippen LogP contribution in [-0.4, -0.2) is 42.1 Å². The van der Waals surface area contributed by atoms with Crippen LogP contribution in [0.2, 0.25) is 0 Å². The first-order chi connectivity index (χ1) is 7.65. The summed E-state index contributed by atoms with van der Waals surface area (Å²) in [5, 5.41) is 2.88. The minimum Gasteiger partial charge on any atom is -0.450 e. The molecule has 2 amide bonds. The monoisotopic (exact) mass is 226 g/mol. The van der Waals surface area contributed by atoms with E-state index in [9.17, 15) is 9.59 Å². The van der Waals surface area contributed by atoms with E-state index in [4.69, 9.17) is 4.74 Å². The Labute approximate surface area is 95.1 Å². The summed E-state index contributed by atoms with van der Waals surface area (Å²) in [4.78, 5) is 25.3. The van der Waals surface area contributed by atoms with Crippen molar-refractivity contribution in [2.75, 3.05) is 13.2 Å². The number of carbonyl (C=O) groups excluding carboxylic acids is 2. The molecule has 0 unspecified atom stereocenters. The smallest absolute Gasteiger partial charge is 0.410 e. The third kappa shape index (κ3) is 1.74. The maximum absolute atomic E-state index is 11.8. The van der Waals surface area contributed by atoms with E-state index in [2.05, 4.69) is 5.32 Å². The van der Waals surface area contributed by atoms with E-state index in [0.717, 1.165) is 12.8 Å². The van der Waals surface area contributed by atoms with Gasteiger partial charge in [0.1, 0.15) is 0 Å². The van der Waals surface area contributed by atoms with Gasteiger partial charge in [0.15, 0.2) is 0 Å². The lowest BCUT2D eigenvalue weighted by molar-refractivity contribution is -0.126. The molecule has 3 fully saturated rings. The molecule has 3 atom stereocenters. The Hall–Kier alpha value is -1.26. The van der Waals surface area contributed by atoms with Crippen LogP contribution in [0, 0.1) is 5.92 Å². The number of rotatable bonds is 1. The number of hydrogen-bond acceptors (Lipinski definition) is 3. The van der Waals surface area contributed by atoms with Gasteiger partial charge in [0.05, 0.1) is 18.6 Å². The first-order valence-corrected chi connectivity index (χ1v) is 5.88. The lowest BCUT2D eigenvalue weighted by Crippen LogP contribution is -2.52. The van der Waals surface area contributed by atoms with Crippen molar-refractivity contribution in [1.29, 1.82) is 0 Å². The van der Waals surface area contributed by atoms with Crippen LogP contribution in [0.4, 0.5) is 4.79 Å². The number of hydrogen-bond donors (Lipinski definition) is 1. The maximum atomic E-state index is 11.8. The van der Waals surface area contributed by atoms with Crippen molar-refractivity contribution in [3.8, 4) is 0 Å². The van der Waals surface area contributed by atoms with Crippen molar-refractivity contribution in [3.63, 3.8) is 0 Å². The summed E-state index contributed by atoms with van der Waals surface area (Å²) in [6.07, 6.45) is 1.46. The number of ether oxygens (including phenoxy) is 1. The highest BCUT2D eigenvalue weighted by atomic mass is 16.6. The fraction of sp³-hybridized carbons (Fsp3) is 0.818. The molecule has 3 aliphatic rings. The van der Waals surface area contributed by atoms with Gasteiger partial charge in [0, 0.05) is 12.6 Å². The first-order valence-electron chi connectivity index (χ1n) is 5.88. The third-order valence-corrected chi connectivity index (χ3v) is 3.55. The van der Waals surface area contributed by atoms with Gasteiger partial charge in [0.2, 0.25) is 5.91 Å². The molecule has 0 spiro atoms. The molecular formula is C11H18N2O3. The van der Waals surface area contributed by atoms with Crippen molar-refractivity contribution in [2.45, 2.75) is 38.8 Å². The second-order valence-electron chi connectivity index (χ2n) is 4.43. The Morgan fingerprint density at radius 1 is 1.56 bits per heavy atom. The second kappa shape index (κ2) is 4.31. The largest absolute Gasteiger partial charge is 0.450 e. The molecule has 5 nitrogen and oxygen atoms in total. The minimum atomic E-state index is -0.291. The number of amides is 2. The van der Waals surface area contributed by atoms with Crippen LogP contribution < -0.4 is 5.32 Å². The van der Waals surface area contributed by atoms with Gasteiger partial charge < -0.3 is 10.1 Å². The molecule has 0 aromatic rings. The number of nitrogens with one attached hydrogen (secondary N) is 1. The highest BCUT2D eigenvalue weighted by Crippen LogP contribution is 2.31. The van der Waals surface area contributed by atoms with Gasteiger partial charge in [-0.1, -0.05) is 0 Å². The molecule has 0 radical (unpaired) electrons. The highest BCUT2D eigenvalue weighted by Gasteiger charge is 2.44. The standard InChI is InChI=1S/C11H18N2O3/c1-3-16-11(15)13-7(2)9-5-4-8(13)6-12-10(9)14/h7-9H,3-6H2,1-2H3,(H,12,14)/t7-,8-,9-/m0/s1. The molecule has 5 heteroatoms. The summed E-state index contributed by atoms with van der Waals surface area (Å²) in [6, 6.07) is 0.0389. The lowest BCUT2D eigenvalue weighted by atomic mass is 9.88. The van der Waals surface area contributed by atoms with Crippen LogP contribution in [0.3, 0.4) is 0 Å². The average Bonchev–Trinajstić information content (AvgIpc) is 2.48. The van der Waals surface area contributed by atoms with Crippen molar-refractivity contribution in [1.82, 2.24) is 10.2 Å². The van der Waals surface area contributed by atoms with Gasteiger partial charge >= 0.3 is 6.09 Å². The quantitative estimate of drug-likeness (QED) is 0.717. The van der Waals surface area contributed by atoms with Gasteiger partial charge in [-0.3, -0.25) is 9.69 Å². The molecular weight excluding hydrogens is 208 g/mol. The maximum Gasteiger partial charge on any atom is 0.410 e. The SMILES string of the molecule is CCOC(=O)N1[C@H]2CC[C@H](C(=O)NC2)[C@@H]1C. The van der Waals surface area contributed by atoms with Crippen LogP contribution in [0.5, 0.6) is 0 Å². The molecule has 0 aromatic heterocycles. The van der Waals surface area contributed by atoms with Crippen LogP contribution in [-0.2, 0) is 9.53 Å². The fourth-order valence-corrected chi connectivity index (χ4v) is 2.69. The zero-order valence-electron chi connectivity index (χ0n) is 9.73. The number of fused-ring (bicyclic) bond motifs is 4. The van der Waals surface area contributed by atoms with E-state index in [1.54, 1.807) is 11.8 Å². The molecule has 3 saturated heterocycles. The number of carbonyl (C=O) groups is 2. The zero-order valence-corrected chi connectivity index (χ0v) is 9.73. The predicted molar refractivity (Wildman–Crippen MR) is 57.8 cm³/mol. The molecule has 2 bridgehead atoms. The van der Waals surface area contributed by atoms with Gasteiger partial charge in [-0.15, -0.1) is 0 Å². The Bertz CT molecular complexity index is 306. The molecule has 3 aliphatic heterocycles. The van der Waals surface area contributed by atoms with Crippen LogP contribution in [0.1, 0.15) is 26.7 Å². The average molecular weight is 226 g/mol. The molecule has 3 heterocycles. The fourth-order valence-electron chi connectivity index (χ4n) is 2.69. The molecule has 3 rings (SSSR count).